The van der Waals surface area contributed by atoms with Gasteiger partial charge in [-0.2, -0.15) is 0 Å². The van der Waals surface area contributed by atoms with Gasteiger partial charge >= 0.3 is 0 Å². The predicted octanol–water partition coefficient (Wildman–Crippen LogP) is 6.64. The normalized spacial score (nSPS) is 41.5. The van der Waals surface area contributed by atoms with Crippen molar-refractivity contribution < 1.29 is 9.59 Å². The maximum Gasteiger partial charge on any atom is 0.226 e. The van der Waals surface area contributed by atoms with Gasteiger partial charge in [0, 0.05) is 48.7 Å². The number of amides is 1. The van der Waals surface area contributed by atoms with Crippen LogP contribution in [0.15, 0.2) is 11.8 Å². The van der Waals surface area contributed by atoms with Crippen molar-refractivity contribution in [2.45, 2.75) is 123 Å². The number of nitrogens with zero attached hydrogens (tertiary/aromatic N) is 1. The van der Waals surface area contributed by atoms with E-state index in [0.717, 1.165) is 31.8 Å². The molecular formula is C32H50N2O2. The Morgan fingerprint density at radius 2 is 1.64 bits per heavy atom. The fourth-order valence-electron chi connectivity index (χ4n) is 10.2. The summed E-state index contributed by atoms with van der Waals surface area (Å²) in [4.78, 5) is 29.1. The lowest BCUT2D eigenvalue weighted by molar-refractivity contribution is -0.147. The van der Waals surface area contributed by atoms with Crippen LogP contribution in [-0.2, 0) is 9.59 Å². The van der Waals surface area contributed by atoms with Crippen LogP contribution in [0.5, 0.6) is 0 Å². The summed E-state index contributed by atoms with van der Waals surface area (Å²) >= 11 is 0. The summed E-state index contributed by atoms with van der Waals surface area (Å²) in [5.41, 5.74) is 1.47. The van der Waals surface area contributed by atoms with E-state index in [9.17, 15) is 9.59 Å². The van der Waals surface area contributed by atoms with Gasteiger partial charge in [0.05, 0.1) is 0 Å². The van der Waals surface area contributed by atoms with Gasteiger partial charge in [-0.1, -0.05) is 52.4 Å². The standard InChI is InChI=1S/C32H50N2O2/c1-31-18-16-27-25(20-33-29-19-24(35)15-17-32(27,29)2)26(31)13-14-28(31)30(36)34(23-11-7-4-8-12-23)21-22-9-5-3-6-10-22/h19,22-23,25-28,33H,3-18,20-21H2,1-2H3/t25-,26-,27-,28+,31-,32+/m0/s1. The third-order valence-corrected chi connectivity index (χ3v) is 12.4. The monoisotopic (exact) mass is 494 g/mol. The molecule has 1 aliphatic heterocycles. The molecule has 200 valence electrons. The number of piperidine rings is 1. The fraction of sp³-hybridized carbons (Fsp3) is 0.875. The van der Waals surface area contributed by atoms with Gasteiger partial charge in [-0.05, 0) is 86.9 Å². The van der Waals surface area contributed by atoms with E-state index >= 15 is 0 Å². The minimum atomic E-state index is 0.120. The summed E-state index contributed by atoms with van der Waals surface area (Å²) < 4.78 is 0. The average molecular weight is 495 g/mol. The molecule has 1 heterocycles. The van der Waals surface area contributed by atoms with Gasteiger partial charge in [0.15, 0.2) is 5.78 Å². The van der Waals surface area contributed by atoms with Gasteiger partial charge in [0.25, 0.3) is 0 Å². The van der Waals surface area contributed by atoms with Crippen LogP contribution in [-0.4, -0.2) is 35.7 Å². The first-order chi connectivity index (χ1) is 17.4. The van der Waals surface area contributed by atoms with Crippen LogP contribution in [0.4, 0.5) is 0 Å². The van der Waals surface area contributed by atoms with E-state index in [1.54, 1.807) is 0 Å². The van der Waals surface area contributed by atoms with Gasteiger partial charge in [-0.25, -0.2) is 0 Å². The molecule has 1 saturated heterocycles. The third-order valence-electron chi connectivity index (χ3n) is 12.4. The molecule has 6 rings (SSSR count). The second-order valence-electron chi connectivity index (χ2n) is 14.2. The van der Waals surface area contributed by atoms with Crippen molar-refractivity contribution in [2.75, 3.05) is 13.1 Å². The van der Waals surface area contributed by atoms with Gasteiger partial charge in [-0.15, -0.1) is 0 Å². The quantitative estimate of drug-likeness (QED) is 0.476. The number of hydrogen-bond donors (Lipinski definition) is 1. The molecule has 0 bridgehead atoms. The molecule has 36 heavy (non-hydrogen) atoms. The maximum absolute atomic E-state index is 14.5. The molecule has 5 fully saturated rings. The van der Waals surface area contributed by atoms with Crippen molar-refractivity contribution >= 4 is 11.7 Å². The highest BCUT2D eigenvalue weighted by atomic mass is 16.2. The molecule has 0 unspecified atom stereocenters. The van der Waals surface area contributed by atoms with Crippen molar-refractivity contribution in [3.63, 3.8) is 0 Å². The summed E-state index contributed by atoms with van der Waals surface area (Å²) in [6, 6.07) is 0.495. The van der Waals surface area contributed by atoms with Crippen LogP contribution in [0.25, 0.3) is 0 Å². The molecule has 1 amide bonds. The van der Waals surface area contributed by atoms with Gasteiger partial charge in [0.1, 0.15) is 0 Å². The number of carbonyl (C=O) groups excluding carboxylic acids is 2. The SMILES string of the molecule is C[C@]12CC[C@H]3[C@@H](CNC4=CC(=O)CC[C@@]43C)[C@@H]1CC[C@@H]2C(=O)N(CC1CCCCC1)C1CCCCC1. The summed E-state index contributed by atoms with van der Waals surface area (Å²) in [5, 5.41) is 3.74. The highest BCUT2D eigenvalue weighted by molar-refractivity contribution is 5.91. The number of ketones is 1. The Labute approximate surface area is 219 Å². The van der Waals surface area contributed by atoms with Gasteiger partial charge in [0.2, 0.25) is 5.91 Å². The first kappa shape index (κ1) is 25.0. The molecule has 5 aliphatic carbocycles. The molecule has 0 spiro atoms. The van der Waals surface area contributed by atoms with E-state index in [1.807, 2.05) is 6.08 Å². The second-order valence-corrected chi connectivity index (χ2v) is 14.2. The Kier molecular flexibility index (Phi) is 6.78. The molecule has 6 aliphatic rings. The van der Waals surface area contributed by atoms with Crippen molar-refractivity contribution in [2.24, 2.45) is 40.4 Å². The Bertz CT molecular complexity index is 885. The first-order valence-corrected chi connectivity index (χ1v) is 15.7. The zero-order valence-corrected chi connectivity index (χ0v) is 23.0. The number of nitrogens with one attached hydrogen (secondary N) is 1. The zero-order chi connectivity index (χ0) is 24.9. The van der Waals surface area contributed by atoms with E-state index in [1.165, 1.54) is 89.2 Å². The predicted molar refractivity (Wildman–Crippen MR) is 144 cm³/mol. The molecule has 4 heteroatoms. The van der Waals surface area contributed by atoms with Crippen molar-refractivity contribution in [3.8, 4) is 0 Å². The molecule has 4 nitrogen and oxygen atoms in total. The number of carbonyl (C=O) groups is 2. The summed E-state index contributed by atoms with van der Waals surface area (Å²) in [6.07, 6.45) is 21.5. The molecular weight excluding hydrogens is 444 g/mol. The van der Waals surface area contributed by atoms with Crippen LogP contribution < -0.4 is 5.32 Å². The fourth-order valence-corrected chi connectivity index (χ4v) is 10.2. The van der Waals surface area contributed by atoms with Crippen molar-refractivity contribution in [1.82, 2.24) is 10.2 Å². The number of allylic oxidation sites excluding steroid dienone is 2. The Morgan fingerprint density at radius 1 is 0.917 bits per heavy atom. The molecule has 0 aromatic rings. The summed E-state index contributed by atoms with van der Waals surface area (Å²) in [7, 11) is 0. The van der Waals surface area contributed by atoms with Crippen LogP contribution >= 0.6 is 0 Å². The molecule has 4 saturated carbocycles. The number of fused-ring (bicyclic) bond motifs is 5. The number of hydrogen-bond acceptors (Lipinski definition) is 3. The highest BCUT2D eigenvalue weighted by Crippen LogP contribution is 2.64. The Hall–Kier alpha value is -1.32. The first-order valence-electron chi connectivity index (χ1n) is 15.7. The van der Waals surface area contributed by atoms with E-state index in [-0.39, 0.29) is 16.7 Å². The molecule has 0 radical (unpaired) electrons. The van der Waals surface area contributed by atoms with Crippen molar-refractivity contribution in [1.29, 1.82) is 0 Å². The largest absolute Gasteiger partial charge is 0.387 e. The van der Waals surface area contributed by atoms with Crippen LogP contribution in [0.3, 0.4) is 0 Å². The Morgan fingerprint density at radius 3 is 2.39 bits per heavy atom. The summed E-state index contributed by atoms with van der Waals surface area (Å²) in [6.45, 7) is 6.95. The van der Waals surface area contributed by atoms with E-state index < -0.39 is 0 Å². The third kappa shape index (κ3) is 4.17. The lowest BCUT2D eigenvalue weighted by atomic mass is 9.50. The number of rotatable bonds is 4. The van der Waals surface area contributed by atoms with Gasteiger partial charge in [-0.3, -0.25) is 9.59 Å². The maximum atomic E-state index is 14.5. The van der Waals surface area contributed by atoms with Crippen LogP contribution in [0.2, 0.25) is 0 Å². The van der Waals surface area contributed by atoms with E-state index in [2.05, 4.69) is 24.1 Å². The van der Waals surface area contributed by atoms with Crippen LogP contribution in [0, 0.1) is 40.4 Å². The molecule has 1 N–H and O–H groups in total. The molecule has 6 atom stereocenters. The lowest BCUT2D eigenvalue weighted by Crippen LogP contribution is -2.58. The summed E-state index contributed by atoms with van der Waals surface area (Å²) in [5.74, 6) is 3.70. The molecule has 0 aromatic heterocycles. The highest BCUT2D eigenvalue weighted by Gasteiger charge is 2.61. The minimum absolute atomic E-state index is 0.120. The van der Waals surface area contributed by atoms with Crippen molar-refractivity contribution in [3.05, 3.63) is 11.8 Å². The van der Waals surface area contributed by atoms with E-state index in [4.69, 9.17) is 0 Å². The lowest BCUT2D eigenvalue weighted by Gasteiger charge is -2.58. The molecule has 0 aromatic carbocycles. The average Bonchev–Trinajstić information content (AvgIpc) is 3.25. The minimum Gasteiger partial charge on any atom is -0.387 e. The second kappa shape index (κ2) is 9.77. The smallest absolute Gasteiger partial charge is 0.226 e. The van der Waals surface area contributed by atoms with Gasteiger partial charge < -0.3 is 10.2 Å². The topological polar surface area (TPSA) is 49.4 Å². The van der Waals surface area contributed by atoms with Crippen LogP contribution in [0.1, 0.15) is 117 Å². The zero-order valence-electron chi connectivity index (χ0n) is 23.0. The Balaban J connectivity index is 1.22. The van der Waals surface area contributed by atoms with E-state index in [0.29, 0.717) is 41.9 Å².